The molecule has 130 valence electrons. The van der Waals surface area contributed by atoms with Gasteiger partial charge in [0, 0.05) is 25.2 Å². The van der Waals surface area contributed by atoms with Gasteiger partial charge in [-0.25, -0.2) is 8.42 Å². The van der Waals surface area contributed by atoms with Gasteiger partial charge in [0.25, 0.3) is 0 Å². The van der Waals surface area contributed by atoms with E-state index in [0.717, 1.165) is 25.7 Å². The minimum absolute atomic E-state index is 0. The third-order valence-electron chi connectivity index (χ3n) is 4.58. The van der Waals surface area contributed by atoms with Crippen LogP contribution in [0.5, 0.6) is 11.5 Å². The number of aryl methyl sites for hydroxylation is 1. The van der Waals surface area contributed by atoms with Crippen molar-refractivity contribution in [2.75, 3.05) is 13.8 Å². The Morgan fingerprint density at radius 2 is 1.70 bits per heavy atom. The minimum atomic E-state index is -3.55. The van der Waals surface area contributed by atoms with Crippen molar-refractivity contribution in [3.8, 4) is 11.5 Å². The summed E-state index contributed by atoms with van der Waals surface area (Å²) in [6, 6.07) is 3.49. The molecule has 2 N–H and O–H groups in total. The van der Waals surface area contributed by atoms with E-state index in [1.165, 1.54) is 4.31 Å². The quantitative estimate of drug-likeness (QED) is 0.889. The topological polar surface area (TPSA) is 81.9 Å². The van der Waals surface area contributed by atoms with Gasteiger partial charge in [0.2, 0.25) is 16.8 Å². The van der Waals surface area contributed by atoms with E-state index >= 15 is 0 Å². The molecular formula is C15H23ClN2O4S. The van der Waals surface area contributed by atoms with Gasteiger partial charge in [0.15, 0.2) is 11.5 Å². The molecule has 0 radical (unpaired) electrons. The highest BCUT2D eigenvalue weighted by Crippen LogP contribution is 2.37. The Bertz CT molecular complexity index is 672. The molecule has 8 heteroatoms. The van der Waals surface area contributed by atoms with Crippen LogP contribution in [0.1, 0.15) is 31.2 Å². The van der Waals surface area contributed by atoms with E-state index in [2.05, 4.69) is 0 Å². The van der Waals surface area contributed by atoms with Gasteiger partial charge in [0.05, 0.1) is 4.90 Å². The number of benzene rings is 1. The first-order valence-corrected chi connectivity index (χ1v) is 8.97. The van der Waals surface area contributed by atoms with Crippen LogP contribution in [-0.2, 0) is 10.0 Å². The molecule has 2 aliphatic rings. The Morgan fingerprint density at radius 3 is 2.30 bits per heavy atom. The van der Waals surface area contributed by atoms with E-state index < -0.39 is 10.0 Å². The lowest BCUT2D eigenvalue weighted by molar-refractivity contribution is 0.174. The molecule has 0 saturated heterocycles. The summed E-state index contributed by atoms with van der Waals surface area (Å²) in [5.41, 5.74) is 6.57. The average Bonchev–Trinajstić information content (AvgIpc) is 2.93. The van der Waals surface area contributed by atoms with E-state index in [0.29, 0.717) is 17.1 Å². The van der Waals surface area contributed by atoms with E-state index in [9.17, 15) is 8.42 Å². The summed E-state index contributed by atoms with van der Waals surface area (Å²) >= 11 is 0. The number of halogens is 1. The van der Waals surface area contributed by atoms with Crippen molar-refractivity contribution < 1.29 is 17.9 Å². The van der Waals surface area contributed by atoms with Crippen molar-refractivity contribution in [1.29, 1.82) is 0 Å². The predicted molar refractivity (Wildman–Crippen MR) is 89.7 cm³/mol. The summed E-state index contributed by atoms with van der Waals surface area (Å²) < 4.78 is 38.0. The number of nitrogens with two attached hydrogens (primary N) is 1. The molecule has 1 aliphatic heterocycles. The van der Waals surface area contributed by atoms with Gasteiger partial charge >= 0.3 is 0 Å². The molecule has 1 aliphatic carbocycles. The van der Waals surface area contributed by atoms with E-state index in [1.807, 2.05) is 0 Å². The molecule has 1 heterocycles. The van der Waals surface area contributed by atoms with E-state index in [4.69, 9.17) is 15.2 Å². The first kappa shape index (κ1) is 18.3. The summed E-state index contributed by atoms with van der Waals surface area (Å²) in [5.74, 6) is 1.09. The van der Waals surface area contributed by atoms with Crippen LogP contribution >= 0.6 is 12.4 Å². The molecule has 0 aromatic heterocycles. The SMILES string of the molecule is Cc1cc2c(cc1S(=O)(=O)N(C)C1CCC(N)CC1)OCO2.Cl. The number of nitrogens with zero attached hydrogens (tertiary/aromatic N) is 1. The summed E-state index contributed by atoms with van der Waals surface area (Å²) in [7, 11) is -1.90. The number of hydrogen-bond acceptors (Lipinski definition) is 5. The fourth-order valence-corrected chi connectivity index (χ4v) is 4.75. The second kappa shape index (κ2) is 6.84. The van der Waals surface area contributed by atoms with Crippen molar-refractivity contribution in [1.82, 2.24) is 4.31 Å². The largest absolute Gasteiger partial charge is 0.454 e. The maximum Gasteiger partial charge on any atom is 0.243 e. The molecule has 0 atom stereocenters. The Morgan fingerprint density at radius 1 is 1.13 bits per heavy atom. The monoisotopic (exact) mass is 362 g/mol. The summed E-state index contributed by atoms with van der Waals surface area (Å²) in [6.07, 6.45) is 3.34. The zero-order valence-electron chi connectivity index (χ0n) is 13.3. The molecule has 3 rings (SSSR count). The summed E-state index contributed by atoms with van der Waals surface area (Å²) in [6.45, 7) is 1.91. The Hall–Kier alpha value is -1.02. The highest BCUT2D eigenvalue weighted by atomic mass is 35.5. The molecule has 0 amide bonds. The lowest BCUT2D eigenvalue weighted by atomic mass is 9.92. The number of ether oxygens (including phenoxy) is 2. The standard InChI is InChI=1S/C15H22N2O4S.ClH/c1-10-7-13-14(21-9-20-13)8-15(10)22(18,19)17(2)12-5-3-11(16)4-6-12;/h7-8,11-12H,3-6,9,16H2,1-2H3;1H. The lowest BCUT2D eigenvalue weighted by Gasteiger charge is -2.33. The zero-order valence-corrected chi connectivity index (χ0v) is 15.0. The van der Waals surface area contributed by atoms with Crippen molar-refractivity contribution in [3.05, 3.63) is 17.7 Å². The number of sulfonamides is 1. The van der Waals surface area contributed by atoms with Gasteiger partial charge < -0.3 is 15.2 Å². The minimum Gasteiger partial charge on any atom is -0.454 e. The second-order valence-electron chi connectivity index (χ2n) is 6.06. The van der Waals surface area contributed by atoms with Crippen LogP contribution in [0.2, 0.25) is 0 Å². The smallest absolute Gasteiger partial charge is 0.243 e. The van der Waals surface area contributed by atoms with E-state index in [1.54, 1.807) is 26.1 Å². The Labute approximate surface area is 143 Å². The number of hydrogen-bond donors (Lipinski definition) is 1. The van der Waals surface area contributed by atoms with Crippen LogP contribution in [0, 0.1) is 6.92 Å². The van der Waals surface area contributed by atoms with Crippen molar-refractivity contribution in [2.24, 2.45) is 5.73 Å². The molecule has 1 fully saturated rings. The maximum absolute atomic E-state index is 12.9. The van der Waals surface area contributed by atoms with Crippen molar-refractivity contribution in [3.63, 3.8) is 0 Å². The first-order chi connectivity index (χ1) is 10.4. The Kier molecular flexibility index (Phi) is 5.45. The van der Waals surface area contributed by atoms with Crippen molar-refractivity contribution in [2.45, 2.75) is 49.6 Å². The lowest BCUT2D eigenvalue weighted by Crippen LogP contribution is -2.41. The second-order valence-corrected chi connectivity index (χ2v) is 8.03. The molecule has 0 spiro atoms. The van der Waals surface area contributed by atoms with Gasteiger partial charge in [-0.15, -0.1) is 12.4 Å². The normalized spacial score (nSPS) is 23.7. The molecular weight excluding hydrogens is 340 g/mol. The van der Waals surface area contributed by atoms with Gasteiger partial charge in [-0.3, -0.25) is 0 Å². The predicted octanol–water partition coefficient (Wildman–Crippen LogP) is 2.04. The molecule has 0 unspecified atom stereocenters. The first-order valence-electron chi connectivity index (χ1n) is 7.53. The molecule has 23 heavy (non-hydrogen) atoms. The third kappa shape index (κ3) is 3.42. The van der Waals surface area contributed by atoms with Gasteiger partial charge in [-0.05, 0) is 44.2 Å². The fraction of sp³-hybridized carbons (Fsp3) is 0.600. The van der Waals surface area contributed by atoms with Crippen LogP contribution < -0.4 is 15.2 Å². The fourth-order valence-electron chi connectivity index (χ4n) is 3.12. The van der Waals surface area contributed by atoms with Crippen LogP contribution in [0.4, 0.5) is 0 Å². The van der Waals surface area contributed by atoms with Crippen LogP contribution in [0.25, 0.3) is 0 Å². The summed E-state index contributed by atoms with van der Waals surface area (Å²) in [5, 5.41) is 0. The molecule has 0 bridgehead atoms. The van der Waals surface area contributed by atoms with Gasteiger partial charge in [-0.2, -0.15) is 4.31 Å². The maximum atomic E-state index is 12.9. The molecule has 1 aromatic rings. The molecule has 1 aromatic carbocycles. The van der Waals surface area contributed by atoms with E-state index in [-0.39, 0.29) is 36.2 Å². The Balaban J connectivity index is 0.00000192. The zero-order chi connectivity index (χ0) is 15.9. The highest BCUT2D eigenvalue weighted by molar-refractivity contribution is 7.89. The van der Waals surface area contributed by atoms with Gasteiger partial charge in [-0.1, -0.05) is 0 Å². The molecule has 1 saturated carbocycles. The van der Waals surface area contributed by atoms with Gasteiger partial charge in [0.1, 0.15) is 0 Å². The van der Waals surface area contributed by atoms with Crippen LogP contribution in [-0.4, -0.2) is 38.6 Å². The van der Waals surface area contributed by atoms with Crippen molar-refractivity contribution >= 4 is 22.4 Å². The number of fused-ring (bicyclic) bond motifs is 1. The summed E-state index contributed by atoms with van der Waals surface area (Å²) in [4.78, 5) is 0.286. The van der Waals surface area contributed by atoms with Crippen LogP contribution in [0.15, 0.2) is 17.0 Å². The third-order valence-corrected chi connectivity index (χ3v) is 6.63. The average molecular weight is 363 g/mol. The van der Waals surface area contributed by atoms with Crippen LogP contribution in [0.3, 0.4) is 0 Å². The highest BCUT2D eigenvalue weighted by Gasteiger charge is 2.32. The number of rotatable bonds is 3. The molecule has 6 nitrogen and oxygen atoms in total.